The Kier molecular flexibility index (Phi) is 5.73. The van der Waals surface area contributed by atoms with Crippen molar-refractivity contribution in [2.75, 3.05) is 12.4 Å². The van der Waals surface area contributed by atoms with Crippen molar-refractivity contribution in [2.24, 2.45) is 0 Å². The minimum Gasteiger partial charge on any atom is -0.465 e. The zero-order valence-corrected chi connectivity index (χ0v) is 19.9. The summed E-state index contributed by atoms with van der Waals surface area (Å²) >= 11 is 6.18. The highest BCUT2D eigenvalue weighted by molar-refractivity contribution is 6.31. The summed E-state index contributed by atoms with van der Waals surface area (Å²) in [5.74, 6) is 0.246. The highest BCUT2D eigenvalue weighted by Gasteiger charge is 2.56. The van der Waals surface area contributed by atoms with Crippen LogP contribution in [-0.4, -0.2) is 24.9 Å². The Morgan fingerprint density at radius 2 is 1.83 bits per heavy atom. The maximum absolute atomic E-state index is 13.5. The second-order valence-corrected chi connectivity index (χ2v) is 9.21. The lowest BCUT2D eigenvalue weighted by molar-refractivity contribution is -0.130. The molecule has 35 heavy (non-hydrogen) atoms. The lowest BCUT2D eigenvalue weighted by Crippen LogP contribution is -2.52. The minimum atomic E-state index is -1.01. The van der Waals surface area contributed by atoms with Gasteiger partial charge in [0, 0.05) is 22.7 Å². The lowest BCUT2D eigenvalue weighted by Gasteiger charge is -2.41. The van der Waals surface area contributed by atoms with Gasteiger partial charge in [0.15, 0.2) is 0 Å². The first-order valence-electron chi connectivity index (χ1n) is 11.2. The lowest BCUT2D eigenvalue weighted by atomic mass is 9.67. The van der Waals surface area contributed by atoms with Gasteiger partial charge in [0.1, 0.15) is 16.9 Å². The number of benzene rings is 3. The molecule has 1 spiro atoms. The summed E-state index contributed by atoms with van der Waals surface area (Å²) in [6.45, 7) is 1.94. The number of fused-ring (bicyclic) bond motifs is 2. The van der Waals surface area contributed by atoms with Gasteiger partial charge in [-0.1, -0.05) is 35.4 Å². The first kappa shape index (κ1) is 22.9. The molecular weight excluding hydrogens is 468 g/mol. The molecule has 2 heterocycles. The number of ether oxygens (including phenoxy) is 2. The molecule has 0 aliphatic carbocycles. The van der Waals surface area contributed by atoms with Gasteiger partial charge in [-0.15, -0.1) is 0 Å². The van der Waals surface area contributed by atoms with Gasteiger partial charge in [0.25, 0.3) is 0 Å². The molecule has 0 unspecified atom stereocenters. The molecule has 2 atom stereocenters. The van der Waals surface area contributed by atoms with Crippen molar-refractivity contribution in [2.45, 2.75) is 31.2 Å². The van der Waals surface area contributed by atoms with Crippen molar-refractivity contribution in [3.8, 4) is 11.5 Å². The summed E-state index contributed by atoms with van der Waals surface area (Å²) in [6, 6.07) is 16.9. The molecule has 0 aromatic heterocycles. The fourth-order valence-electron chi connectivity index (χ4n) is 4.94. The van der Waals surface area contributed by atoms with Gasteiger partial charge in [-0.05, 0) is 61.4 Å². The number of rotatable bonds is 4. The second-order valence-electron chi connectivity index (χ2n) is 8.78. The molecular formula is C27H23ClN2O5. The van der Waals surface area contributed by atoms with Crippen molar-refractivity contribution < 1.29 is 23.9 Å². The molecule has 178 valence electrons. The molecule has 0 radical (unpaired) electrons. The highest BCUT2D eigenvalue weighted by atomic mass is 35.5. The van der Waals surface area contributed by atoms with E-state index in [0.717, 1.165) is 11.1 Å². The minimum absolute atomic E-state index is 0.134. The zero-order valence-electron chi connectivity index (χ0n) is 19.2. The van der Waals surface area contributed by atoms with Gasteiger partial charge in [-0.25, -0.2) is 4.79 Å². The predicted octanol–water partition coefficient (Wildman–Crippen LogP) is 5.07. The summed E-state index contributed by atoms with van der Waals surface area (Å²) in [5.41, 5.74) is 2.49. The number of halogens is 1. The fourth-order valence-corrected chi connectivity index (χ4v) is 5.12. The molecule has 2 N–H and O–H groups in total. The number of piperidine rings is 1. The number of hydrogen-bond acceptors (Lipinski definition) is 5. The number of carbonyl (C=O) groups excluding carboxylic acids is 3. The average molecular weight is 491 g/mol. The summed E-state index contributed by atoms with van der Waals surface area (Å²) in [5, 5.41) is 6.54. The van der Waals surface area contributed by atoms with E-state index in [1.54, 1.807) is 36.4 Å². The van der Waals surface area contributed by atoms with Crippen LogP contribution in [0.5, 0.6) is 11.5 Å². The Morgan fingerprint density at radius 3 is 2.57 bits per heavy atom. The predicted molar refractivity (Wildman–Crippen MR) is 131 cm³/mol. The number of amides is 2. The number of anilines is 1. The summed E-state index contributed by atoms with van der Waals surface area (Å²) in [6.07, 6.45) is 0.578. The number of methoxy groups -OCH3 is 1. The van der Waals surface area contributed by atoms with Crippen molar-refractivity contribution in [3.05, 3.63) is 87.9 Å². The van der Waals surface area contributed by atoms with Crippen LogP contribution in [0.2, 0.25) is 5.02 Å². The van der Waals surface area contributed by atoms with Gasteiger partial charge in [-0.3, -0.25) is 9.59 Å². The molecule has 0 bridgehead atoms. The van der Waals surface area contributed by atoms with Crippen LogP contribution in [0.25, 0.3) is 0 Å². The second kappa shape index (κ2) is 8.74. The van der Waals surface area contributed by atoms with Crippen LogP contribution in [0.1, 0.15) is 45.9 Å². The van der Waals surface area contributed by atoms with Crippen LogP contribution in [0, 0.1) is 6.92 Å². The van der Waals surface area contributed by atoms with E-state index >= 15 is 0 Å². The third-order valence-electron chi connectivity index (χ3n) is 6.64. The summed E-state index contributed by atoms with van der Waals surface area (Å²) in [7, 11) is 1.32. The quantitative estimate of drug-likeness (QED) is 0.498. The summed E-state index contributed by atoms with van der Waals surface area (Å²) in [4.78, 5) is 37.9. The van der Waals surface area contributed by atoms with Crippen molar-refractivity contribution in [3.63, 3.8) is 0 Å². The van der Waals surface area contributed by atoms with E-state index in [1.807, 2.05) is 31.2 Å². The van der Waals surface area contributed by atoms with Gasteiger partial charge in [0.05, 0.1) is 18.7 Å². The van der Waals surface area contributed by atoms with Crippen molar-refractivity contribution >= 4 is 35.1 Å². The Bertz CT molecular complexity index is 1350. The van der Waals surface area contributed by atoms with E-state index in [2.05, 4.69) is 10.6 Å². The zero-order chi connectivity index (χ0) is 24.7. The van der Waals surface area contributed by atoms with E-state index in [9.17, 15) is 14.4 Å². The molecule has 1 fully saturated rings. The van der Waals surface area contributed by atoms with Crippen LogP contribution in [0.4, 0.5) is 5.69 Å². The van der Waals surface area contributed by atoms with Crippen LogP contribution >= 0.6 is 11.6 Å². The number of esters is 1. The monoisotopic (exact) mass is 490 g/mol. The van der Waals surface area contributed by atoms with Gasteiger partial charge in [-0.2, -0.15) is 0 Å². The molecule has 7 nitrogen and oxygen atoms in total. The maximum atomic E-state index is 13.5. The van der Waals surface area contributed by atoms with Gasteiger partial charge in [0.2, 0.25) is 11.8 Å². The van der Waals surface area contributed by atoms with E-state index in [0.29, 0.717) is 39.8 Å². The molecule has 0 saturated carbocycles. The average Bonchev–Trinajstić information content (AvgIpc) is 3.12. The van der Waals surface area contributed by atoms with Crippen LogP contribution in [0.15, 0.2) is 60.7 Å². The van der Waals surface area contributed by atoms with Crippen LogP contribution in [-0.2, 0) is 19.7 Å². The van der Waals surface area contributed by atoms with Gasteiger partial charge < -0.3 is 20.1 Å². The van der Waals surface area contributed by atoms with Crippen LogP contribution < -0.4 is 15.4 Å². The first-order valence-corrected chi connectivity index (χ1v) is 11.6. The molecule has 8 heteroatoms. The Morgan fingerprint density at radius 1 is 1.06 bits per heavy atom. The molecule has 1 saturated heterocycles. The third-order valence-corrected chi connectivity index (χ3v) is 6.87. The molecule has 3 aromatic carbocycles. The number of aryl methyl sites for hydroxylation is 1. The van der Waals surface area contributed by atoms with Crippen molar-refractivity contribution in [1.82, 2.24) is 5.32 Å². The maximum Gasteiger partial charge on any atom is 0.337 e. The standard InChI is InChI=1S/C27H23ClN2O5/c1-15-3-10-22(35-18-7-4-16(5-8-18)25(32)34-2)19(13-15)24-27(12-11-23(31)30-24)20-9-6-17(28)14-21(20)29-26(27)33/h3-10,13-14,24H,11-12H2,1-2H3,(H,29,33)(H,30,31)/t24-,27-/m1/s1. The van der Waals surface area contributed by atoms with E-state index in [4.69, 9.17) is 21.1 Å². The van der Waals surface area contributed by atoms with E-state index < -0.39 is 17.4 Å². The first-order chi connectivity index (χ1) is 16.8. The van der Waals surface area contributed by atoms with Gasteiger partial charge >= 0.3 is 5.97 Å². The molecule has 2 amide bonds. The van der Waals surface area contributed by atoms with Crippen LogP contribution in [0.3, 0.4) is 0 Å². The van der Waals surface area contributed by atoms with E-state index in [-0.39, 0.29) is 18.2 Å². The number of hydrogen-bond donors (Lipinski definition) is 2. The van der Waals surface area contributed by atoms with Crippen molar-refractivity contribution in [1.29, 1.82) is 0 Å². The Balaban J connectivity index is 1.59. The number of carbonyl (C=O) groups is 3. The van der Waals surface area contributed by atoms with E-state index in [1.165, 1.54) is 7.11 Å². The molecule has 2 aliphatic heterocycles. The smallest absolute Gasteiger partial charge is 0.337 e. The fraction of sp³-hybridized carbons (Fsp3) is 0.222. The SMILES string of the molecule is COC(=O)c1ccc(Oc2ccc(C)cc2[C@H]2NC(=O)CC[C@]23C(=O)Nc2cc(Cl)ccc23)cc1. The topological polar surface area (TPSA) is 93.7 Å². The highest BCUT2D eigenvalue weighted by Crippen LogP contribution is 2.53. The summed E-state index contributed by atoms with van der Waals surface area (Å²) < 4.78 is 11.0. The Labute approximate surface area is 207 Å². The third kappa shape index (κ3) is 3.91. The molecule has 2 aliphatic rings. The molecule has 3 aromatic rings. The normalized spacial score (nSPS) is 20.7. The largest absolute Gasteiger partial charge is 0.465 e. The number of nitrogens with one attached hydrogen (secondary N) is 2. The Hall–Kier alpha value is -3.84. The molecule has 5 rings (SSSR count).